The highest BCUT2D eigenvalue weighted by Gasteiger charge is 2.34. The Labute approximate surface area is 171 Å². The zero-order chi connectivity index (χ0) is 19.5. The molecular weight excluding hydrogens is 390 g/mol. The number of fused-ring (bicyclic) bond motifs is 2. The molecule has 0 bridgehead atoms. The number of aromatic amines is 1. The fourth-order valence-corrected chi connectivity index (χ4v) is 4.66. The summed E-state index contributed by atoms with van der Waals surface area (Å²) in [6.45, 7) is 1.57. The van der Waals surface area contributed by atoms with E-state index in [0.717, 1.165) is 54.9 Å². The molecule has 5 heterocycles. The molecule has 148 valence electrons. The van der Waals surface area contributed by atoms with Crippen LogP contribution < -0.4 is 10.5 Å². The van der Waals surface area contributed by atoms with Gasteiger partial charge in [-0.2, -0.15) is 5.10 Å². The Bertz CT molecular complexity index is 1290. The summed E-state index contributed by atoms with van der Waals surface area (Å²) in [6, 6.07) is 3.72. The third-order valence-electron chi connectivity index (χ3n) is 6.05. The first kappa shape index (κ1) is 17.0. The number of rotatable bonds is 4. The number of H-pyrrole nitrogens is 1. The van der Waals surface area contributed by atoms with E-state index in [1.54, 1.807) is 23.1 Å². The predicted molar refractivity (Wildman–Crippen MR) is 110 cm³/mol. The monoisotopic (exact) mass is 409 g/mol. The van der Waals surface area contributed by atoms with Crippen LogP contribution in [0.25, 0.3) is 16.6 Å². The molecule has 0 unspecified atom stereocenters. The number of anilines is 1. The number of nitrogens with one attached hydrogen (secondary N) is 1. The molecule has 4 aromatic heterocycles. The van der Waals surface area contributed by atoms with Crippen LogP contribution in [0.4, 0.5) is 5.82 Å². The standard InChI is InChI=1S/C20H20ClN7O/c21-14-6-9-28-16(14)20(29)27(10-12-3-4-12)19(25-28)15-2-1-8-26(15)18-13-5-7-22-17(13)23-11-24-18/h5-7,9,11-12,15H,1-4,8,10H2,(H,22,23,24)/t15-/m0/s1. The van der Waals surface area contributed by atoms with E-state index in [1.165, 1.54) is 0 Å². The van der Waals surface area contributed by atoms with Gasteiger partial charge in [-0.3, -0.25) is 9.36 Å². The van der Waals surface area contributed by atoms with Gasteiger partial charge in [-0.15, -0.1) is 0 Å². The molecule has 0 aromatic carbocycles. The van der Waals surface area contributed by atoms with E-state index in [0.29, 0.717) is 23.0 Å². The van der Waals surface area contributed by atoms with Crippen LogP contribution in [0.2, 0.25) is 5.02 Å². The minimum absolute atomic E-state index is 0.0139. The van der Waals surface area contributed by atoms with Crippen molar-refractivity contribution in [3.05, 3.63) is 52.1 Å². The Morgan fingerprint density at radius 2 is 2.10 bits per heavy atom. The molecule has 6 rings (SSSR count). The van der Waals surface area contributed by atoms with Gasteiger partial charge in [-0.05, 0) is 43.7 Å². The highest BCUT2D eigenvalue weighted by molar-refractivity contribution is 6.33. The molecule has 8 nitrogen and oxygen atoms in total. The van der Waals surface area contributed by atoms with Crippen LogP contribution >= 0.6 is 11.6 Å². The molecule has 4 aromatic rings. The molecule has 1 aliphatic heterocycles. The van der Waals surface area contributed by atoms with E-state index >= 15 is 0 Å². The van der Waals surface area contributed by atoms with Gasteiger partial charge in [0.15, 0.2) is 5.82 Å². The van der Waals surface area contributed by atoms with Crippen molar-refractivity contribution in [2.24, 2.45) is 5.92 Å². The molecule has 1 aliphatic carbocycles. The van der Waals surface area contributed by atoms with Crippen molar-refractivity contribution in [3.8, 4) is 0 Å². The topological polar surface area (TPSA) is 84.1 Å². The lowest BCUT2D eigenvalue weighted by molar-refractivity contribution is 0.506. The van der Waals surface area contributed by atoms with Crippen molar-refractivity contribution in [1.82, 2.24) is 29.1 Å². The van der Waals surface area contributed by atoms with Crippen molar-refractivity contribution in [2.75, 3.05) is 11.4 Å². The molecule has 0 radical (unpaired) electrons. The third-order valence-corrected chi connectivity index (χ3v) is 6.35. The Hall–Kier alpha value is -2.87. The predicted octanol–water partition coefficient (Wildman–Crippen LogP) is 3.17. The van der Waals surface area contributed by atoms with Gasteiger partial charge >= 0.3 is 0 Å². The average Bonchev–Trinajstić information content (AvgIpc) is 3.11. The highest BCUT2D eigenvalue weighted by Crippen LogP contribution is 2.38. The van der Waals surface area contributed by atoms with Crippen molar-refractivity contribution in [2.45, 2.75) is 38.3 Å². The van der Waals surface area contributed by atoms with Crippen LogP contribution in [0.1, 0.15) is 37.5 Å². The lowest BCUT2D eigenvalue weighted by Crippen LogP contribution is -2.34. The second kappa shape index (κ2) is 6.32. The first-order valence-electron chi connectivity index (χ1n) is 10.0. The number of hydrogen-bond acceptors (Lipinski definition) is 5. The van der Waals surface area contributed by atoms with Crippen molar-refractivity contribution < 1.29 is 0 Å². The number of nitrogens with zero attached hydrogens (tertiary/aromatic N) is 6. The van der Waals surface area contributed by atoms with Crippen LogP contribution in [0, 0.1) is 5.92 Å². The van der Waals surface area contributed by atoms with Crippen LogP contribution in [-0.2, 0) is 6.54 Å². The van der Waals surface area contributed by atoms with Crippen LogP contribution in [-0.4, -0.2) is 35.7 Å². The second-order valence-electron chi connectivity index (χ2n) is 7.96. The first-order valence-corrected chi connectivity index (χ1v) is 10.4. The van der Waals surface area contributed by atoms with Gasteiger partial charge in [0.2, 0.25) is 0 Å². The number of hydrogen-bond donors (Lipinski definition) is 1. The first-order chi connectivity index (χ1) is 14.2. The maximum Gasteiger partial charge on any atom is 0.279 e. The summed E-state index contributed by atoms with van der Waals surface area (Å²) in [7, 11) is 0. The second-order valence-corrected chi connectivity index (χ2v) is 8.37. The SMILES string of the molecule is O=c1c2c(Cl)ccn2nc([C@@H]2CCCN2c2ncnc3[nH]ccc23)n1CC1CC1. The maximum absolute atomic E-state index is 13.3. The molecular formula is C20H20ClN7O. The summed E-state index contributed by atoms with van der Waals surface area (Å²) in [6.07, 6.45) is 9.49. The molecule has 0 spiro atoms. The summed E-state index contributed by atoms with van der Waals surface area (Å²) < 4.78 is 3.49. The maximum atomic E-state index is 13.3. The molecule has 0 amide bonds. The minimum Gasteiger partial charge on any atom is -0.346 e. The Balaban J connectivity index is 1.53. The minimum atomic E-state index is -0.0572. The molecule has 9 heteroatoms. The summed E-state index contributed by atoms with van der Waals surface area (Å²) >= 11 is 6.29. The smallest absolute Gasteiger partial charge is 0.279 e. The Morgan fingerprint density at radius 1 is 1.21 bits per heavy atom. The van der Waals surface area contributed by atoms with Crippen molar-refractivity contribution in [3.63, 3.8) is 0 Å². The van der Waals surface area contributed by atoms with Crippen molar-refractivity contribution in [1.29, 1.82) is 0 Å². The van der Waals surface area contributed by atoms with E-state index < -0.39 is 0 Å². The van der Waals surface area contributed by atoms with Gasteiger partial charge in [-0.25, -0.2) is 14.5 Å². The summed E-state index contributed by atoms with van der Waals surface area (Å²) in [5, 5.41) is 6.30. The summed E-state index contributed by atoms with van der Waals surface area (Å²) in [5.41, 5.74) is 1.21. The summed E-state index contributed by atoms with van der Waals surface area (Å²) in [5.74, 6) is 2.23. The fraction of sp³-hybridized carbons (Fsp3) is 0.400. The molecule has 2 aliphatic rings. The van der Waals surface area contributed by atoms with Gasteiger partial charge in [0.05, 0.1) is 16.5 Å². The van der Waals surface area contributed by atoms with Gasteiger partial charge in [0, 0.05) is 25.5 Å². The van der Waals surface area contributed by atoms with Gasteiger partial charge in [0.1, 0.15) is 23.3 Å². The Morgan fingerprint density at radius 3 is 2.97 bits per heavy atom. The highest BCUT2D eigenvalue weighted by atomic mass is 35.5. The lowest BCUT2D eigenvalue weighted by atomic mass is 10.2. The van der Waals surface area contributed by atoms with Crippen molar-refractivity contribution >= 4 is 34.0 Å². The molecule has 1 N–H and O–H groups in total. The summed E-state index contributed by atoms with van der Waals surface area (Å²) in [4.78, 5) is 27.6. The molecule has 1 atom stereocenters. The molecule has 1 saturated carbocycles. The number of halogens is 1. The molecule has 29 heavy (non-hydrogen) atoms. The van der Waals surface area contributed by atoms with Gasteiger partial charge in [0.25, 0.3) is 5.56 Å². The van der Waals surface area contributed by atoms with Gasteiger partial charge in [-0.1, -0.05) is 11.6 Å². The quantitative estimate of drug-likeness (QED) is 0.559. The van der Waals surface area contributed by atoms with Gasteiger partial charge < -0.3 is 9.88 Å². The zero-order valence-electron chi connectivity index (χ0n) is 15.8. The number of aromatic nitrogens is 6. The van der Waals surface area contributed by atoms with E-state index in [2.05, 4.69) is 19.9 Å². The van der Waals surface area contributed by atoms with E-state index in [1.807, 2.05) is 16.8 Å². The fourth-order valence-electron chi connectivity index (χ4n) is 4.44. The average molecular weight is 410 g/mol. The normalized spacial score (nSPS) is 19.6. The third kappa shape index (κ3) is 2.66. The van der Waals surface area contributed by atoms with E-state index in [4.69, 9.17) is 16.7 Å². The van der Waals surface area contributed by atoms with E-state index in [9.17, 15) is 4.79 Å². The van der Waals surface area contributed by atoms with E-state index in [-0.39, 0.29) is 11.6 Å². The van der Waals surface area contributed by atoms with Crippen LogP contribution in [0.3, 0.4) is 0 Å². The molecule has 2 fully saturated rings. The lowest BCUT2D eigenvalue weighted by Gasteiger charge is -2.27. The Kier molecular flexibility index (Phi) is 3.71. The largest absolute Gasteiger partial charge is 0.346 e. The van der Waals surface area contributed by atoms with Crippen LogP contribution in [0.15, 0.2) is 35.6 Å². The molecule has 1 saturated heterocycles. The zero-order valence-corrected chi connectivity index (χ0v) is 16.5. The van der Waals surface area contributed by atoms with Crippen LogP contribution in [0.5, 0.6) is 0 Å².